The molecule has 0 aromatic heterocycles. The Labute approximate surface area is 104 Å². The summed E-state index contributed by atoms with van der Waals surface area (Å²) in [5.74, 6) is 0. The van der Waals surface area contributed by atoms with E-state index < -0.39 is 0 Å². The zero-order valence-electron chi connectivity index (χ0n) is 8.37. The van der Waals surface area contributed by atoms with Gasteiger partial charge in [0.2, 0.25) is 0 Å². The second kappa shape index (κ2) is 4.24. The average molecular weight is 253 g/mol. The van der Waals surface area contributed by atoms with Crippen molar-refractivity contribution in [3.63, 3.8) is 0 Å². The minimum Gasteiger partial charge on any atom is -0.399 e. The van der Waals surface area contributed by atoms with Gasteiger partial charge in [-0.2, -0.15) is 0 Å². The molecule has 4 heteroatoms. The summed E-state index contributed by atoms with van der Waals surface area (Å²) in [7, 11) is 0. The zero-order valence-corrected chi connectivity index (χ0v) is 9.89. The normalized spacial score (nSPS) is 10.4. The van der Waals surface area contributed by atoms with E-state index in [1.54, 1.807) is 24.3 Å². The number of rotatable bonds is 1. The van der Waals surface area contributed by atoms with Crippen LogP contribution in [0.25, 0.3) is 11.1 Å². The highest BCUT2D eigenvalue weighted by molar-refractivity contribution is 6.39. The predicted molar refractivity (Wildman–Crippen MR) is 70.7 cm³/mol. The molecular weight excluding hydrogens is 243 g/mol. The van der Waals surface area contributed by atoms with Crippen molar-refractivity contribution in [2.24, 2.45) is 0 Å². The molecule has 2 rings (SSSR count). The highest BCUT2D eigenvalue weighted by Gasteiger charge is 2.09. The highest BCUT2D eigenvalue weighted by atomic mass is 35.5. The molecule has 0 bridgehead atoms. The van der Waals surface area contributed by atoms with Gasteiger partial charge in [0.25, 0.3) is 0 Å². The first kappa shape index (κ1) is 11.1. The van der Waals surface area contributed by atoms with E-state index in [0.29, 0.717) is 21.4 Å². The third kappa shape index (κ3) is 2.08. The van der Waals surface area contributed by atoms with Crippen LogP contribution in [0.4, 0.5) is 11.4 Å². The molecule has 16 heavy (non-hydrogen) atoms. The first-order chi connectivity index (χ1) is 7.58. The molecule has 0 atom stereocenters. The van der Waals surface area contributed by atoms with Crippen LogP contribution in [0, 0.1) is 0 Å². The summed E-state index contributed by atoms with van der Waals surface area (Å²) in [6.45, 7) is 0. The van der Waals surface area contributed by atoms with Gasteiger partial charge in [-0.15, -0.1) is 0 Å². The molecule has 82 valence electrons. The summed E-state index contributed by atoms with van der Waals surface area (Å²) in [4.78, 5) is 0. The monoisotopic (exact) mass is 252 g/mol. The Bertz CT molecular complexity index is 498. The molecule has 0 saturated heterocycles. The second-order valence-electron chi connectivity index (χ2n) is 3.48. The third-order valence-electron chi connectivity index (χ3n) is 2.26. The van der Waals surface area contributed by atoms with Gasteiger partial charge in [-0.1, -0.05) is 35.3 Å². The van der Waals surface area contributed by atoms with Crippen LogP contribution in [0.3, 0.4) is 0 Å². The number of nitrogen functional groups attached to an aromatic ring is 2. The molecular formula is C12H10Cl2N2. The molecule has 4 N–H and O–H groups in total. The van der Waals surface area contributed by atoms with Crippen LogP contribution >= 0.6 is 23.2 Å². The summed E-state index contributed by atoms with van der Waals surface area (Å²) in [6, 6.07) is 10.7. The maximum Gasteiger partial charge on any atom is 0.0519 e. The number of hydrogen-bond donors (Lipinski definition) is 2. The molecule has 0 fully saturated rings. The Kier molecular flexibility index (Phi) is 2.95. The molecule has 0 unspecified atom stereocenters. The van der Waals surface area contributed by atoms with Gasteiger partial charge < -0.3 is 11.5 Å². The first-order valence-electron chi connectivity index (χ1n) is 4.68. The largest absolute Gasteiger partial charge is 0.399 e. The van der Waals surface area contributed by atoms with Crippen molar-refractivity contribution in [3.05, 3.63) is 46.4 Å². The highest BCUT2D eigenvalue weighted by Crippen LogP contribution is 2.36. The quantitative estimate of drug-likeness (QED) is 0.759. The second-order valence-corrected chi connectivity index (χ2v) is 4.30. The lowest BCUT2D eigenvalue weighted by Crippen LogP contribution is -1.89. The Morgan fingerprint density at radius 1 is 0.750 bits per heavy atom. The van der Waals surface area contributed by atoms with E-state index in [-0.39, 0.29) is 0 Å². The maximum absolute atomic E-state index is 6.11. The van der Waals surface area contributed by atoms with E-state index in [2.05, 4.69) is 0 Å². The zero-order chi connectivity index (χ0) is 11.7. The van der Waals surface area contributed by atoms with Crippen LogP contribution in [0.1, 0.15) is 0 Å². The van der Waals surface area contributed by atoms with E-state index in [1.165, 1.54) is 0 Å². The van der Waals surface area contributed by atoms with Crippen LogP contribution in [-0.4, -0.2) is 0 Å². The van der Waals surface area contributed by atoms with Gasteiger partial charge >= 0.3 is 0 Å². The van der Waals surface area contributed by atoms with Crippen molar-refractivity contribution in [1.82, 2.24) is 0 Å². The lowest BCUT2D eigenvalue weighted by molar-refractivity contribution is 1.60. The van der Waals surface area contributed by atoms with Crippen molar-refractivity contribution in [1.29, 1.82) is 0 Å². The fraction of sp³-hybridized carbons (Fsp3) is 0. The first-order valence-corrected chi connectivity index (χ1v) is 5.44. The lowest BCUT2D eigenvalue weighted by Gasteiger charge is -2.08. The van der Waals surface area contributed by atoms with Crippen LogP contribution in [0.15, 0.2) is 36.4 Å². The van der Waals surface area contributed by atoms with Crippen LogP contribution in [0.2, 0.25) is 10.0 Å². The molecule has 0 aliphatic carbocycles. The number of halogens is 2. The van der Waals surface area contributed by atoms with Crippen molar-refractivity contribution >= 4 is 34.6 Å². The number of benzene rings is 2. The minimum absolute atomic E-state index is 0.537. The number of anilines is 2. The minimum atomic E-state index is 0.537. The van der Waals surface area contributed by atoms with Gasteiger partial charge in [0.05, 0.1) is 10.0 Å². The average Bonchev–Trinajstić information content (AvgIpc) is 2.19. The van der Waals surface area contributed by atoms with E-state index in [9.17, 15) is 0 Å². The molecule has 0 saturated carbocycles. The SMILES string of the molecule is Nc1ccc(-c2c(Cl)cc(N)cc2Cl)cc1. The van der Waals surface area contributed by atoms with Gasteiger partial charge in [0.1, 0.15) is 0 Å². The molecule has 2 nitrogen and oxygen atoms in total. The fourth-order valence-electron chi connectivity index (χ4n) is 1.52. The van der Waals surface area contributed by atoms with Gasteiger partial charge in [-0.3, -0.25) is 0 Å². The summed E-state index contributed by atoms with van der Waals surface area (Å²) >= 11 is 12.2. The van der Waals surface area contributed by atoms with Gasteiger partial charge in [0.15, 0.2) is 0 Å². The molecule has 0 aliphatic rings. The van der Waals surface area contributed by atoms with Crippen molar-refractivity contribution in [2.45, 2.75) is 0 Å². The van der Waals surface area contributed by atoms with Crippen LogP contribution in [-0.2, 0) is 0 Å². The van der Waals surface area contributed by atoms with E-state index >= 15 is 0 Å². The van der Waals surface area contributed by atoms with E-state index in [4.69, 9.17) is 34.7 Å². The standard InChI is InChI=1S/C12H10Cl2N2/c13-10-5-9(16)6-11(14)12(10)7-1-3-8(15)4-2-7/h1-6H,15-16H2. The van der Waals surface area contributed by atoms with Crippen molar-refractivity contribution in [3.8, 4) is 11.1 Å². The Morgan fingerprint density at radius 2 is 1.25 bits per heavy atom. The summed E-state index contributed by atoms with van der Waals surface area (Å²) in [5, 5.41) is 1.07. The van der Waals surface area contributed by atoms with E-state index in [0.717, 1.165) is 11.1 Å². The molecule has 0 spiro atoms. The van der Waals surface area contributed by atoms with E-state index in [1.807, 2.05) is 12.1 Å². The fourth-order valence-corrected chi connectivity index (χ4v) is 2.24. The van der Waals surface area contributed by atoms with Gasteiger partial charge in [-0.05, 0) is 29.8 Å². The maximum atomic E-state index is 6.11. The van der Waals surface area contributed by atoms with Crippen molar-refractivity contribution < 1.29 is 0 Å². The molecule has 0 amide bonds. The smallest absolute Gasteiger partial charge is 0.0519 e. The van der Waals surface area contributed by atoms with Gasteiger partial charge in [-0.25, -0.2) is 0 Å². The third-order valence-corrected chi connectivity index (χ3v) is 2.86. The lowest BCUT2D eigenvalue weighted by atomic mass is 10.0. The Morgan fingerprint density at radius 3 is 1.75 bits per heavy atom. The number of nitrogens with two attached hydrogens (primary N) is 2. The summed E-state index contributed by atoms with van der Waals surface area (Å²) in [6.07, 6.45) is 0. The van der Waals surface area contributed by atoms with Crippen molar-refractivity contribution in [2.75, 3.05) is 11.5 Å². The molecule has 2 aromatic rings. The summed E-state index contributed by atoms with van der Waals surface area (Å²) in [5.41, 5.74) is 14.2. The Balaban J connectivity index is 2.60. The predicted octanol–water partition coefficient (Wildman–Crippen LogP) is 3.82. The topological polar surface area (TPSA) is 52.0 Å². The van der Waals surface area contributed by atoms with Crippen LogP contribution < -0.4 is 11.5 Å². The Hall–Kier alpha value is -1.38. The molecule has 0 radical (unpaired) electrons. The molecule has 2 aromatic carbocycles. The van der Waals surface area contributed by atoms with Gasteiger partial charge in [0, 0.05) is 16.9 Å². The molecule has 0 heterocycles. The molecule has 0 aliphatic heterocycles. The number of hydrogen-bond acceptors (Lipinski definition) is 2. The summed E-state index contributed by atoms with van der Waals surface area (Å²) < 4.78 is 0. The van der Waals surface area contributed by atoms with Crippen LogP contribution in [0.5, 0.6) is 0 Å².